The smallest absolute Gasteiger partial charge is 0.328 e. The van der Waals surface area contributed by atoms with Gasteiger partial charge in [0.2, 0.25) is 0 Å². The van der Waals surface area contributed by atoms with Crippen LogP contribution in [0, 0.1) is 13.8 Å². The Hall–Kier alpha value is -3.45. The quantitative estimate of drug-likeness (QED) is 0.441. The summed E-state index contributed by atoms with van der Waals surface area (Å²) in [6.07, 6.45) is 2.08. The van der Waals surface area contributed by atoms with E-state index in [0.717, 1.165) is 56.2 Å². The van der Waals surface area contributed by atoms with Crippen LogP contribution in [0.2, 0.25) is 0 Å². The number of aryl methyl sites for hydroxylation is 3. The lowest BCUT2D eigenvalue weighted by Gasteiger charge is -2.13. The standard InChI is InChI=1S/C25H23N3O3S/c1-4-21-27-23-14(2)9-15(3)26-25(23)28(21)12-16-5-6-18-19(11-22(29)30)24-17(7-8-32-24)13-31-20(18)10-16/h5-11H,4,12-13H2,1-3H3,(H,29,30). The second-order valence-electron chi connectivity index (χ2n) is 8.01. The first-order valence-corrected chi connectivity index (χ1v) is 11.4. The molecule has 1 aliphatic rings. The summed E-state index contributed by atoms with van der Waals surface area (Å²) >= 11 is 1.54. The summed E-state index contributed by atoms with van der Waals surface area (Å²) in [5.41, 5.74) is 7.48. The molecule has 0 saturated carbocycles. The second-order valence-corrected chi connectivity index (χ2v) is 8.93. The Morgan fingerprint density at radius 3 is 2.88 bits per heavy atom. The third kappa shape index (κ3) is 3.48. The van der Waals surface area contributed by atoms with Crippen LogP contribution < -0.4 is 4.74 Å². The summed E-state index contributed by atoms with van der Waals surface area (Å²) in [5.74, 6) is 0.720. The van der Waals surface area contributed by atoms with Crippen molar-refractivity contribution in [3.05, 3.63) is 80.4 Å². The Morgan fingerprint density at radius 2 is 2.09 bits per heavy atom. The van der Waals surface area contributed by atoms with E-state index in [1.165, 1.54) is 17.4 Å². The van der Waals surface area contributed by atoms with Gasteiger partial charge >= 0.3 is 5.97 Å². The van der Waals surface area contributed by atoms with Crippen molar-refractivity contribution in [1.29, 1.82) is 0 Å². The monoisotopic (exact) mass is 445 g/mol. The molecule has 0 amide bonds. The minimum Gasteiger partial charge on any atom is -0.488 e. The zero-order valence-corrected chi connectivity index (χ0v) is 19.0. The number of carboxylic acid groups (broad SMARTS) is 1. The van der Waals surface area contributed by atoms with Gasteiger partial charge in [0.1, 0.15) is 23.7 Å². The van der Waals surface area contributed by atoms with Crippen LogP contribution in [-0.4, -0.2) is 25.6 Å². The maximum atomic E-state index is 11.5. The van der Waals surface area contributed by atoms with Crippen LogP contribution in [0.25, 0.3) is 16.7 Å². The van der Waals surface area contributed by atoms with Gasteiger partial charge < -0.3 is 14.4 Å². The van der Waals surface area contributed by atoms with Crippen molar-refractivity contribution >= 4 is 34.0 Å². The molecule has 7 heteroatoms. The second kappa shape index (κ2) is 7.91. The van der Waals surface area contributed by atoms with Gasteiger partial charge in [-0.3, -0.25) is 0 Å². The molecule has 0 bridgehead atoms. The Kier molecular flexibility index (Phi) is 5.06. The molecule has 5 rings (SSSR count). The third-order valence-electron chi connectivity index (χ3n) is 5.74. The fourth-order valence-electron chi connectivity index (χ4n) is 4.30. The van der Waals surface area contributed by atoms with Crippen LogP contribution in [0.1, 0.15) is 45.6 Å². The van der Waals surface area contributed by atoms with Gasteiger partial charge in [-0.05, 0) is 48.6 Å². The lowest BCUT2D eigenvalue weighted by Crippen LogP contribution is -2.06. The fraction of sp³-hybridized carbons (Fsp3) is 0.240. The number of benzene rings is 1. The molecular weight excluding hydrogens is 422 g/mol. The minimum absolute atomic E-state index is 0.417. The summed E-state index contributed by atoms with van der Waals surface area (Å²) in [6.45, 7) is 7.20. The number of aromatic nitrogens is 3. The number of carboxylic acids is 1. The van der Waals surface area contributed by atoms with Crippen LogP contribution in [-0.2, 0) is 24.4 Å². The minimum atomic E-state index is -0.967. The number of fused-ring (bicyclic) bond motifs is 3. The molecule has 0 aliphatic carbocycles. The lowest BCUT2D eigenvalue weighted by atomic mass is 10.00. The average Bonchev–Trinajstić information content (AvgIpc) is 3.32. The van der Waals surface area contributed by atoms with Gasteiger partial charge in [0.05, 0.1) is 6.54 Å². The molecule has 4 aromatic rings. The first-order chi connectivity index (χ1) is 15.4. The van der Waals surface area contributed by atoms with Gasteiger partial charge in [-0.2, -0.15) is 0 Å². The van der Waals surface area contributed by atoms with Gasteiger partial charge in [0.15, 0.2) is 5.65 Å². The van der Waals surface area contributed by atoms with Gasteiger partial charge in [-0.25, -0.2) is 14.8 Å². The van der Waals surface area contributed by atoms with E-state index in [9.17, 15) is 9.90 Å². The summed E-state index contributed by atoms with van der Waals surface area (Å²) in [6, 6.07) is 10.1. The van der Waals surface area contributed by atoms with Gasteiger partial charge in [0, 0.05) is 39.8 Å². The highest BCUT2D eigenvalue weighted by Gasteiger charge is 2.22. The van der Waals surface area contributed by atoms with Crippen LogP contribution >= 0.6 is 11.3 Å². The van der Waals surface area contributed by atoms with Crippen LogP contribution in [0.3, 0.4) is 0 Å². The van der Waals surface area contributed by atoms with Crippen molar-refractivity contribution in [1.82, 2.24) is 14.5 Å². The SMILES string of the molecule is CCc1nc2c(C)cc(C)nc2n1Cc1ccc2c(c1)OCc1ccsc1C2=CC(=O)O. The number of pyridine rings is 1. The normalized spacial score (nSPS) is 14.2. The molecular formula is C25H23N3O3S. The van der Waals surface area contributed by atoms with Crippen molar-refractivity contribution in [3.8, 4) is 5.75 Å². The molecule has 3 aromatic heterocycles. The topological polar surface area (TPSA) is 77.2 Å². The van der Waals surface area contributed by atoms with Crippen LogP contribution in [0.15, 0.2) is 41.8 Å². The van der Waals surface area contributed by atoms with E-state index in [-0.39, 0.29) is 0 Å². The molecule has 162 valence electrons. The zero-order chi connectivity index (χ0) is 22.4. The number of carbonyl (C=O) groups is 1. The molecule has 32 heavy (non-hydrogen) atoms. The number of ether oxygens (including phenoxy) is 1. The predicted molar refractivity (Wildman–Crippen MR) is 125 cm³/mol. The number of rotatable bonds is 4. The first kappa shape index (κ1) is 20.5. The zero-order valence-electron chi connectivity index (χ0n) is 18.2. The lowest BCUT2D eigenvalue weighted by molar-refractivity contribution is -0.131. The highest BCUT2D eigenvalue weighted by Crippen LogP contribution is 2.40. The molecule has 4 heterocycles. The van der Waals surface area contributed by atoms with Gasteiger partial charge in [-0.15, -0.1) is 11.3 Å². The molecule has 0 atom stereocenters. The van der Waals surface area contributed by atoms with Crippen molar-refractivity contribution in [2.75, 3.05) is 0 Å². The van der Waals surface area contributed by atoms with E-state index < -0.39 is 5.97 Å². The number of nitrogens with zero attached hydrogens (tertiary/aromatic N) is 3. The van der Waals surface area contributed by atoms with Crippen molar-refractivity contribution in [2.45, 2.75) is 40.3 Å². The summed E-state index contributed by atoms with van der Waals surface area (Å²) in [7, 11) is 0. The highest BCUT2D eigenvalue weighted by atomic mass is 32.1. The number of imidazole rings is 1. The first-order valence-electron chi connectivity index (χ1n) is 10.6. The number of aliphatic carboxylic acids is 1. The summed E-state index contributed by atoms with van der Waals surface area (Å²) < 4.78 is 8.28. The molecule has 0 radical (unpaired) electrons. The van der Waals surface area contributed by atoms with Crippen LogP contribution in [0.4, 0.5) is 0 Å². The average molecular weight is 446 g/mol. The third-order valence-corrected chi connectivity index (χ3v) is 6.73. The molecule has 0 unspecified atom stereocenters. The largest absolute Gasteiger partial charge is 0.488 e. The van der Waals surface area contributed by atoms with E-state index in [2.05, 4.69) is 24.5 Å². The number of hydrogen-bond acceptors (Lipinski definition) is 5. The molecule has 1 N–H and O–H groups in total. The Bertz CT molecular complexity index is 1400. The predicted octanol–water partition coefficient (Wildman–Crippen LogP) is 5.13. The molecule has 6 nitrogen and oxygen atoms in total. The number of hydrogen-bond donors (Lipinski definition) is 1. The molecule has 0 saturated heterocycles. The van der Waals surface area contributed by atoms with Crippen molar-refractivity contribution in [3.63, 3.8) is 0 Å². The van der Waals surface area contributed by atoms with E-state index in [0.29, 0.717) is 24.5 Å². The van der Waals surface area contributed by atoms with Gasteiger partial charge in [0.25, 0.3) is 0 Å². The maximum absolute atomic E-state index is 11.5. The molecule has 1 aromatic carbocycles. The fourth-order valence-corrected chi connectivity index (χ4v) is 5.25. The maximum Gasteiger partial charge on any atom is 0.328 e. The molecule has 0 spiro atoms. The number of thiophene rings is 1. The Balaban J connectivity index is 1.59. The Labute approximate surface area is 189 Å². The van der Waals surface area contributed by atoms with Gasteiger partial charge in [-0.1, -0.05) is 19.1 Å². The van der Waals surface area contributed by atoms with E-state index in [1.807, 2.05) is 36.6 Å². The van der Waals surface area contributed by atoms with E-state index in [1.54, 1.807) is 0 Å². The summed E-state index contributed by atoms with van der Waals surface area (Å²) in [4.78, 5) is 22.1. The van der Waals surface area contributed by atoms with Crippen molar-refractivity contribution < 1.29 is 14.6 Å². The Morgan fingerprint density at radius 1 is 1.25 bits per heavy atom. The highest BCUT2D eigenvalue weighted by molar-refractivity contribution is 7.11. The van der Waals surface area contributed by atoms with Crippen LogP contribution in [0.5, 0.6) is 5.75 Å². The molecule has 1 aliphatic heterocycles. The van der Waals surface area contributed by atoms with E-state index >= 15 is 0 Å². The van der Waals surface area contributed by atoms with Crippen molar-refractivity contribution in [2.24, 2.45) is 0 Å². The molecule has 0 fully saturated rings. The summed E-state index contributed by atoms with van der Waals surface area (Å²) in [5, 5.41) is 11.4. The van der Waals surface area contributed by atoms with E-state index in [4.69, 9.17) is 14.7 Å².